The van der Waals surface area contributed by atoms with E-state index < -0.39 is 8.07 Å². The molecule has 0 bridgehead atoms. The van der Waals surface area contributed by atoms with Crippen LogP contribution in [0.4, 0.5) is 0 Å². The van der Waals surface area contributed by atoms with Gasteiger partial charge in [0, 0.05) is 5.92 Å². The van der Waals surface area contributed by atoms with Crippen LogP contribution in [0.3, 0.4) is 0 Å². The first-order valence-electron chi connectivity index (χ1n) is 6.57. The van der Waals surface area contributed by atoms with Crippen molar-refractivity contribution in [2.75, 3.05) is 0 Å². The van der Waals surface area contributed by atoms with Gasteiger partial charge in [-0.1, -0.05) is 55.5 Å². The summed E-state index contributed by atoms with van der Waals surface area (Å²) in [4.78, 5) is 11.3. The van der Waals surface area contributed by atoms with E-state index in [2.05, 4.69) is 43.9 Å². The number of hydrogen-bond acceptors (Lipinski definition) is 1. The molecule has 1 aromatic rings. The van der Waals surface area contributed by atoms with Crippen LogP contribution >= 0.6 is 0 Å². The van der Waals surface area contributed by atoms with Crippen molar-refractivity contribution >= 4 is 19.0 Å². The standard InChI is InChI=1S/C16H24OSi/c1-6-11-18(4,5)16-9-7-15(8-10-16)12-13(2)14(3)17/h6-10,13H,1,11-12H2,2-5H3. The summed E-state index contributed by atoms with van der Waals surface area (Å²) in [6, 6.07) is 9.92. The van der Waals surface area contributed by atoms with Crippen LogP contribution in [-0.4, -0.2) is 13.9 Å². The lowest BCUT2D eigenvalue weighted by Crippen LogP contribution is -2.40. The van der Waals surface area contributed by atoms with Crippen LogP contribution in [0.25, 0.3) is 0 Å². The summed E-state index contributed by atoms with van der Waals surface area (Å²) in [5.41, 5.74) is 1.25. The van der Waals surface area contributed by atoms with Gasteiger partial charge < -0.3 is 0 Å². The number of benzene rings is 1. The first-order chi connectivity index (χ1) is 8.36. The van der Waals surface area contributed by atoms with Crippen molar-refractivity contribution in [3.63, 3.8) is 0 Å². The summed E-state index contributed by atoms with van der Waals surface area (Å²) in [6.45, 7) is 12.2. The molecule has 0 amide bonds. The lowest BCUT2D eigenvalue weighted by Gasteiger charge is -2.21. The van der Waals surface area contributed by atoms with Crippen LogP contribution < -0.4 is 5.19 Å². The van der Waals surface area contributed by atoms with Crippen molar-refractivity contribution in [3.8, 4) is 0 Å². The molecule has 1 rings (SSSR count). The zero-order valence-electron chi connectivity index (χ0n) is 12.0. The normalized spacial score (nSPS) is 13.1. The Morgan fingerprint density at radius 1 is 1.33 bits per heavy atom. The minimum Gasteiger partial charge on any atom is -0.300 e. The highest BCUT2D eigenvalue weighted by molar-refractivity contribution is 6.90. The fourth-order valence-corrected chi connectivity index (χ4v) is 4.09. The molecule has 1 atom stereocenters. The van der Waals surface area contributed by atoms with Gasteiger partial charge in [-0.3, -0.25) is 4.79 Å². The third-order valence-electron chi connectivity index (χ3n) is 3.63. The van der Waals surface area contributed by atoms with Gasteiger partial charge in [-0.25, -0.2) is 0 Å². The molecule has 98 valence electrons. The Bertz CT molecular complexity index is 417. The zero-order valence-corrected chi connectivity index (χ0v) is 13.0. The molecule has 0 aliphatic heterocycles. The maximum absolute atomic E-state index is 11.3. The van der Waals surface area contributed by atoms with E-state index in [-0.39, 0.29) is 11.7 Å². The Morgan fingerprint density at radius 3 is 2.33 bits per heavy atom. The SMILES string of the molecule is C=CC[Si](C)(C)c1ccc(CC(C)C(C)=O)cc1. The van der Waals surface area contributed by atoms with Gasteiger partial charge in [-0.2, -0.15) is 0 Å². The highest BCUT2D eigenvalue weighted by atomic mass is 28.3. The highest BCUT2D eigenvalue weighted by Gasteiger charge is 2.21. The van der Waals surface area contributed by atoms with E-state index in [1.165, 1.54) is 10.8 Å². The molecule has 0 radical (unpaired) electrons. The lowest BCUT2D eigenvalue weighted by atomic mass is 9.98. The molecule has 0 saturated carbocycles. The van der Waals surface area contributed by atoms with Crippen LogP contribution in [0.1, 0.15) is 19.4 Å². The van der Waals surface area contributed by atoms with Crippen molar-refractivity contribution in [3.05, 3.63) is 42.5 Å². The number of carbonyl (C=O) groups excluding carboxylic acids is 1. The summed E-state index contributed by atoms with van der Waals surface area (Å²) >= 11 is 0. The molecule has 0 aromatic heterocycles. The lowest BCUT2D eigenvalue weighted by molar-refractivity contribution is -0.120. The molecule has 18 heavy (non-hydrogen) atoms. The molecule has 0 spiro atoms. The average Bonchev–Trinajstić information content (AvgIpc) is 2.29. The first-order valence-corrected chi connectivity index (χ1v) is 9.78. The van der Waals surface area contributed by atoms with E-state index in [0.29, 0.717) is 0 Å². The molecule has 1 nitrogen and oxygen atoms in total. The number of allylic oxidation sites excluding steroid dienone is 1. The quantitative estimate of drug-likeness (QED) is 0.564. The van der Waals surface area contributed by atoms with Crippen molar-refractivity contribution in [2.45, 2.75) is 39.4 Å². The molecule has 0 heterocycles. The zero-order chi connectivity index (χ0) is 13.8. The first kappa shape index (κ1) is 14.9. The van der Waals surface area contributed by atoms with E-state index in [1.54, 1.807) is 6.92 Å². The van der Waals surface area contributed by atoms with Gasteiger partial charge in [-0.05, 0) is 25.0 Å². The van der Waals surface area contributed by atoms with Gasteiger partial charge in [0.2, 0.25) is 0 Å². The van der Waals surface area contributed by atoms with Crippen LogP contribution in [-0.2, 0) is 11.2 Å². The predicted octanol–water partition coefficient (Wildman–Crippen LogP) is 3.56. The Balaban J connectivity index is 2.80. The number of rotatable bonds is 6. The van der Waals surface area contributed by atoms with E-state index in [0.717, 1.165) is 12.5 Å². The molecular weight excluding hydrogens is 236 g/mol. The third-order valence-corrected chi connectivity index (χ3v) is 6.83. The molecule has 1 aromatic carbocycles. The fourth-order valence-electron chi connectivity index (χ4n) is 2.07. The summed E-state index contributed by atoms with van der Waals surface area (Å²) in [6.07, 6.45) is 2.87. The summed E-state index contributed by atoms with van der Waals surface area (Å²) < 4.78 is 0. The molecule has 2 heteroatoms. The Labute approximate surface area is 112 Å². The van der Waals surface area contributed by atoms with Crippen LogP contribution in [0, 0.1) is 5.92 Å². The minimum absolute atomic E-state index is 0.120. The van der Waals surface area contributed by atoms with Crippen molar-refractivity contribution in [1.82, 2.24) is 0 Å². The third kappa shape index (κ3) is 3.95. The molecule has 0 saturated heterocycles. The Hall–Kier alpha value is -1.15. The second-order valence-corrected chi connectivity index (χ2v) is 10.5. The van der Waals surface area contributed by atoms with Crippen molar-refractivity contribution in [1.29, 1.82) is 0 Å². The van der Waals surface area contributed by atoms with Crippen LogP contribution in [0.15, 0.2) is 36.9 Å². The molecule has 1 unspecified atom stereocenters. The van der Waals surface area contributed by atoms with E-state index in [4.69, 9.17) is 0 Å². The smallest absolute Gasteiger partial charge is 0.132 e. The summed E-state index contributed by atoms with van der Waals surface area (Å²) in [5, 5.41) is 1.46. The predicted molar refractivity (Wildman–Crippen MR) is 82.1 cm³/mol. The maximum Gasteiger partial charge on any atom is 0.132 e. The number of hydrogen-bond donors (Lipinski definition) is 0. The topological polar surface area (TPSA) is 17.1 Å². The highest BCUT2D eigenvalue weighted by Crippen LogP contribution is 2.13. The van der Waals surface area contributed by atoms with Gasteiger partial charge in [-0.15, -0.1) is 6.58 Å². The van der Waals surface area contributed by atoms with Crippen molar-refractivity contribution in [2.24, 2.45) is 5.92 Å². The van der Waals surface area contributed by atoms with Crippen LogP contribution in [0.5, 0.6) is 0 Å². The molecular formula is C16H24OSi. The van der Waals surface area contributed by atoms with Crippen molar-refractivity contribution < 1.29 is 4.79 Å². The van der Waals surface area contributed by atoms with Gasteiger partial charge in [0.25, 0.3) is 0 Å². The molecule has 0 fully saturated rings. The second kappa shape index (κ2) is 6.14. The Kier molecular flexibility index (Phi) is 5.09. The van der Waals surface area contributed by atoms with Gasteiger partial charge in [0.15, 0.2) is 0 Å². The summed E-state index contributed by atoms with van der Waals surface area (Å²) in [5.74, 6) is 0.384. The minimum atomic E-state index is -1.35. The summed E-state index contributed by atoms with van der Waals surface area (Å²) in [7, 11) is -1.35. The van der Waals surface area contributed by atoms with E-state index in [1.807, 2.05) is 13.0 Å². The second-order valence-electron chi connectivity index (χ2n) is 5.79. The van der Waals surface area contributed by atoms with Gasteiger partial charge in [0.1, 0.15) is 5.78 Å². The van der Waals surface area contributed by atoms with E-state index in [9.17, 15) is 4.79 Å². The fraction of sp³-hybridized carbons (Fsp3) is 0.438. The molecule has 0 aliphatic carbocycles. The average molecular weight is 260 g/mol. The number of carbonyl (C=O) groups is 1. The largest absolute Gasteiger partial charge is 0.300 e. The van der Waals surface area contributed by atoms with Gasteiger partial charge in [0.05, 0.1) is 8.07 Å². The molecule has 0 aliphatic rings. The van der Waals surface area contributed by atoms with Crippen LogP contribution in [0.2, 0.25) is 19.1 Å². The van der Waals surface area contributed by atoms with E-state index >= 15 is 0 Å². The molecule has 0 N–H and O–H groups in total. The monoisotopic (exact) mass is 260 g/mol. The maximum atomic E-state index is 11.3. The number of Topliss-reactive ketones (excluding diaryl/α,β-unsaturated/α-hetero) is 1. The number of ketones is 1. The van der Waals surface area contributed by atoms with Gasteiger partial charge >= 0.3 is 0 Å². The Morgan fingerprint density at radius 2 is 1.89 bits per heavy atom.